The highest BCUT2D eigenvalue weighted by Gasteiger charge is 2.40. The number of nitrogens with zero attached hydrogens (tertiary/aromatic N) is 3. The average molecular weight is 540 g/mol. The van der Waals surface area contributed by atoms with Crippen LogP contribution in [0.1, 0.15) is 45.4 Å². The lowest BCUT2D eigenvalue weighted by Crippen LogP contribution is -2.56. The van der Waals surface area contributed by atoms with Crippen LogP contribution in [0.2, 0.25) is 0 Å². The minimum Gasteiger partial charge on any atom is -0.379 e. The van der Waals surface area contributed by atoms with Crippen molar-refractivity contribution in [2.24, 2.45) is 4.99 Å². The molecule has 0 aromatic heterocycles. The Kier molecular flexibility index (Phi) is 12.6. The quantitative estimate of drug-likeness (QED) is 0.214. The number of hydrogen-bond acceptors (Lipinski definition) is 5. The minimum atomic E-state index is 0. The van der Waals surface area contributed by atoms with E-state index in [1.54, 1.807) is 0 Å². The second kappa shape index (κ2) is 14.3. The highest BCUT2D eigenvalue weighted by atomic mass is 127. The van der Waals surface area contributed by atoms with Crippen molar-refractivity contribution in [3.63, 3.8) is 0 Å². The van der Waals surface area contributed by atoms with Gasteiger partial charge in [-0.15, -0.1) is 24.0 Å². The molecule has 2 N–H and O–H groups in total. The van der Waals surface area contributed by atoms with Crippen LogP contribution in [0.5, 0.6) is 0 Å². The summed E-state index contributed by atoms with van der Waals surface area (Å²) in [6.07, 6.45) is 8.01. The first-order valence-electron chi connectivity index (χ1n) is 11.5. The Morgan fingerprint density at radius 1 is 1.07 bits per heavy atom. The van der Waals surface area contributed by atoms with Gasteiger partial charge in [0.05, 0.1) is 25.3 Å². The van der Waals surface area contributed by atoms with E-state index in [1.807, 2.05) is 0 Å². The third-order valence-corrected chi connectivity index (χ3v) is 7.52. The number of nitrogens with one attached hydrogen (secondary N) is 2. The van der Waals surface area contributed by atoms with E-state index in [-0.39, 0.29) is 29.5 Å². The molecule has 1 atom stereocenters. The molecule has 6 nitrogen and oxygen atoms in total. The van der Waals surface area contributed by atoms with Crippen molar-refractivity contribution in [3.05, 3.63) is 0 Å². The van der Waals surface area contributed by atoms with E-state index in [9.17, 15) is 0 Å². The maximum Gasteiger partial charge on any atom is 0.191 e. The lowest BCUT2D eigenvalue weighted by Gasteiger charge is -2.42. The monoisotopic (exact) mass is 539 g/mol. The van der Waals surface area contributed by atoms with Crippen LogP contribution in [0.3, 0.4) is 0 Å². The molecule has 0 amide bonds. The first-order valence-corrected chi connectivity index (χ1v) is 12.6. The Bertz CT molecular complexity index is 462. The zero-order valence-electron chi connectivity index (χ0n) is 18.3. The van der Waals surface area contributed by atoms with Gasteiger partial charge in [0.15, 0.2) is 5.96 Å². The van der Waals surface area contributed by atoms with Gasteiger partial charge in [-0.3, -0.25) is 9.89 Å². The van der Waals surface area contributed by atoms with Gasteiger partial charge < -0.3 is 20.3 Å². The van der Waals surface area contributed by atoms with Gasteiger partial charge in [0, 0.05) is 31.9 Å². The first-order chi connectivity index (χ1) is 13.8. The molecule has 0 spiro atoms. The van der Waals surface area contributed by atoms with Crippen LogP contribution < -0.4 is 10.6 Å². The number of morpholine rings is 1. The summed E-state index contributed by atoms with van der Waals surface area (Å²) in [6.45, 7) is 12.6. The summed E-state index contributed by atoms with van der Waals surface area (Å²) in [5, 5.41) is 7.03. The maximum absolute atomic E-state index is 5.58. The number of thioether (sulfide) groups is 1. The number of hydrogen-bond donors (Lipinski definition) is 2. The molecular weight excluding hydrogens is 497 g/mol. The van der Waals surface area contributed by atoms with Crippen molar-refractivity contribution in [1.29, 1.82) is 0 Å². The topological polar surface area (TPSA) is 52.1 Å². The fourth-order valence-electron chi connectivity index (χ4n) is 4.55. The van der Waals surface area contributed by atoms with E-state index in [2.05, 4.69) is 39.1 Å². The summed E-state index contributed by atoms with van der Waals surface area (Å²) < 4.78 is 5.58. The summed E-state index contributed by atoms with van der Waals surface area (Å²) >= 11 is 2.08. The van der Waals surface area contributed by atoms with Crippen molar-refractivity contribution in [2.45, 2.75) is 51.0 Å². The van der Waals surface area contributed by atoms with Crippen LogP contribution in [0.15, 0.2) is 4.99 Å². The molecule has 3 aliphatic heterocycles. The number of aliphatic imine (C=N–C) groups is 1. The fourth-order valence-corrected chi connectivity index (χ4v) is 6.01. The molecule has 3 fully saturated rings. The molecule has 8 heteroatoms. The molecule has 3 aliphatic rings. The fraction of sp³-hybridized carbons (Fsp3) is 0.952. The molecule has 3 rings (SSSR count). The molecule has 0 radical (unpaired) electrons. The molecule has 170 valence electrons. The zero-order chi connectivity index (χ0) is 19.5. The molecule has 0 aromatic rings. The summed E-state index contributed by atoms with van der Waals surface area (Å²) in [7, 11) is 0. The van der Waals surface area contributed by atoms with Gasteiger partial charge in [0.25, 0.3) is 0 Å². The molecular formula is C21H42IN5OS. The van der Waals surface area contributed by atoms with Crippen molar-refractivity contribution < 1.29 is 4.74 Å². The third kappa shape index (κ3) is 8.35. The summed E-state index contributed by atoms with van der Waals surface area (Å²) in [5.41, 5.74) is 0.225. The van der Waals surface area contributed by atoms with E-state index >= 15 is 0 Å². The molecule has 0 aromatic carbocycles. The van der Waals surface area contributed by atoms with Gasteiger partial charge in [-0.25, -0.2) is 0 Å². The van der Waals surface area contributed by atoms with Crippen molar-refractivity contribution in [3.8, 4) is 0 Å². The Balaban J connectivity index is 0.00000300. The maximum atomic E-state index is 5.58. The standard InChI is InChI=1S/C21H41N5OS.HI/c1-2-22-20(23-9-7-12-25-10-5-3-4-6-11-25)24-18-21(8-17-28-19-21)26-13-15-27-16-14-26;/h2-19H2,1H3,(H2,22,23,24);1H. The minimum absolute atomic E-state index is 0. The van der Waals surface area contributed by atoms with Gasteiger partial charge in [0.2, 0.25) is 0 Å². The number of guanidine groups is 1. The van der Waals surface area contributed by atoms with E-state index in [0.717, 1.165) is 51.9 Å². The van der Waals surface area contributed by atoms with Crippen LogP contribution in [0.4, 0.5) is 0 Å². The average Bonchev–Trinajstić information content (AvgIpc) is 3.07. The lowest BCUT2D eigenvalue weighted by atomic mass is 9.96. The van der Waals surface area contributed by atoms with Crippen molar-refractivity contribution >= 4 is 41.7 Å². The van der Waals surface area contributed by atoms with Crippen LogP contribution >= 0.6 is 35.7 Å². The van der Waals surface area contributed by atoms with Gasteiger partial charge in [-0.05, 0) is 58.0 Å². The third-order valence-electron chi connectivity index (χ3n) is 6.28. The Hall–Kier alpha value is 0.230. The molecule has 1 unspecified atom stereocenters. The molecule has 3 heterocycles. The highest BCUT2D eigenvalue weighted by Crippen LogP contribution is 2.34. The summed E-state index contributed by atoms with van der Waals surface area (Å²) in [5.74, 6) is 3.44. The smallest absolute Gasteiger partial charge is 0.191 e. The van der Waals surface area contributed by atoms with Crippen LogP contribution in [-0.2, 0) is 4.74 Å². The predicted octanol–water partition coefficient (Wildman–Crippen LogP) is 2.63. The van der Waals surface area contributed by atoms with Crippen molar-refractivity contribution in [1.82, 2.24) is 20.4 Å². The largest absolute Gasteiger partial charge is 0.379 e. The Labute approximate surface area is 199 Å². The number of likely N-dealkylation sites (tertiary alicyclic amines) is 1. The Morgan fingerprint density at radius 3 is 2.48 bits per heavy atom. The SMILES string of the molecule is CCNC(=NCC1(N2CCOCC2)CCSC1)NCCCN1CCCCCC1.I. The highest BCUT2D eigenvalue weighted by molar-refractivity contribution is 14.0. The number of ether oxygens (including phenoxy) is 1. The van der Waals surface area contributed by atoms with Crippen LogP contribution in [0.25, 0.3) is 0 Å². The van der Waals surface area contributed by atoms with E-state index in [4.69, 9.17) is 9.73 Å². The molecule has 0 saturated carbocycles. The second-order valence-corrected chi connectivity index (χ2v) is 9.46. The molecule has 3 saturated heterocycles. The normalized spacial score (nSPS) is 27.3. The van der Waals surface area contributed by atoms with Gasteiger partial charge >= 0.3 is 0 Å². The number of rotatable bonds is 8. The molecule has 0 aliphatic carbocycles. The second-order valence-electron chi connectivity index (χ2n) is 8.36. The van der Waals surface area contributed by atoms with Gasteiger partial charge in [-0.1, -0.05) is 12.8 Å². The van der Waals surface area contributed by atoms with Crippen LogP contribution in [0, 0.1) is 0 Å². The summed E-state index contributed by atoms with van der Waals surface area (Å²) in [4.78, 5) is 10.3. The molecule has 0 bridgehead atoms. The number of halogens is 1. The van der Waals surface area contributed by atoms with Crippen LogP contribution in [-0.4, -0.2) is 98.4 Å². The van der Waals surface area contributed by atoms with E-state index < -0.39 is 0 Å². The first kappa shape index (κ1) is 25.5. The lowest BCUT2D eigenvalue weighted by molar-refractivity contribution is -0.0104. The predicted molar refractivity (Wildman–Crippen MR) is 136 cm³/mol. The Morgan fingerprint density at radius 2 is 1.83 bits per heavy atom. The van der Waals surface area contributed by atoms with Crippen molar-refractivity contribution in [2.75, 3.05) is 77.1 Å². The molecule has 29 heavy (non-hydrogen) atoms. The van der Waals surface area contributed by atoms with E-state index in [1.165, 1.54) is 69.7 Å². The zero-order valence-corrected chi connectivity index (χ0v) is 21.4. The summed E-state index contributed by atoms with van der Waals surface area (Å²) in [6, 6.07) is 0. The van der Waals surface area contributed by atoms with Gasteiger partial charge in [-0.2, -0.15) is 11.8 Å². The van der Waals surface area contributed by atoms with Gasteiger partial charge in [0.1, 0.15) is 0 Å². The van der Waals surface area contributed by atoms with E-state index in [0.29, 0.717) is 0 Å².